The number of para-hydroxylation sites is 1. The van der Waals surface area contributed by atoms with Crippen LogP contribution in [0.25, 0.3) is 0 Å². The molecule has 0 bridgehead atoms. The van der Waals surface area contributed by atoms with Crippen molar-refractivity contribution in [2.75, 3.05) is 25.0 Å². The van der Waals surface area contributed by atoms with Crippen LogP contribution in [0.5, 0.6) is 0 Å². The van der Waals surface area contributed by atoms with E-state index in [0.717, 1.165) is 16.8 Å². The van der Waals surface area contributed by atoms with E-state index in [1.807, 2.05) is 59.5 Å². The quantitative estimate of drug-likeness (QED) is 0.486. The summed E-state index contributed by atoms with van der Waals surface area (Å²) in [6.45, 7) is 5.11. The minimum Gasteiger partial charge on any atom is -0.374 e. The first-order chi connectivity index (χ1) is 17.2. The molecular weight excluding hydrogens is 494 g/mol. The van der Waals surface area contributed by atoms with Crippen molar-refractivity contribution in [2.45, 2.75) is 57.5 Å². The van der Waals surface area contributed by atoms with E-state index < -0.39 is 17.5 Å². The topological polar surface area (TPSA) is 117 Å². The fourth-order valence-corrected chi connectivity index (χ4v) is 4.52. The van der Waals surface area contributed by atoms with Gasteiger partial charge in [-0.15, -0.1) is 12.4 Å². The summed E-state index contributed by atoms with van der Waals surface area (Å²) in [5.74, 6) is -0.616. The lowest BCUT2D eigenvalue weighted by molar-refractivity contribution is -0.140. The molecular formula is C27H36ClN5O4. The number of ether oxygens (including phenoxy) is 1. The smallest absolute Gasteiger partial charge is 0.322 e. The van der Waals surface area contributed by atoms with Gasteiger partial charge in [0.15, 0.2) is 0 Å². The van der Waals surface area contributed by atoms with E-state index in [1.54, 1.807) is 18.7 Å². The Balaban J connectivity index is 0.00000380. The van der Waals surface area contributed by atoms with Crippen LogP contribution < -0.4 is 16.4 Å². The van der Waals surface area contributed by atoms with Crippen LogP contribution >= 0.6 is 12.4 Å². The average molecular weight is 530 g/mol. The molecule has 0 radical (unpaired) electrons. The zero-order chi connectivity index (χ0) is 25.7. The number of urea groups is 1. The number of anilines is 1. The number of hydrogen-bond acceptors (Lipinski definition) is 5. The maximum atomic E-state index is 13.4. The van der Waals surface area contributed by atoms with Gasteiger partial charge in [-0.05, 0) is 43.9 Å². The highest BCUT2D eigenvalue weighted by atomic mass is 35.5. The second-order valence-corrected chi connectivity index (χ2v) is 10.0. The van der Waals surface area contributed by atoms with E-state index in [9.17, 15) is 14.4 Å². The van der Waals surface area contributed by atoms with E-state index in [2.05, 4.69) is 10.6 Å². The van der Waals surface area contributed by atoms with E-state index in [-0.39, 0.29) is 37.0 Å². The van der Waals surface area contributed by atoms with Crippen molar-refractivity contribution in [2.24, 2.45) is 5.73 Å². The van der Waals surface area contributed by atoms with Gasteiger partial charge in [0.1, 0.15) is 6.04 Å². The number of halogens is 1. The highest BCUT2D eigenvalue weighted by Crippen LogP contribution is 2.27. The molecule has 2 heterocycles. The molecule has 1 atom stereocenters. The van der Waals surface area contributed by atoms with Crippen molar-refractivity contribution in [1.82, 2.24) is 15.1 Å². The normalized spacial score (nSPS) is 16.8. The molecule has 0 aromatic heterocycles. The number of nitrogens with one attached hydrogen (secondary N) is 2. The van der Waals surface area contributed by atoms with E-state index in [4.69, 9.17) is 10.5 Å². The summed E-state index contributed by atoms with van der Waals surface area (Å²) >= 11 is 0. The largest absolute Gasteiger partial charge is 0.374 e. The van der Waals surface area contributed by atoms with Crippen LogP contribution in [0, 0.1) is 0 Å². The van der Waals surface area contributed by atoms with Crippen LogP contribution in [0.15, 0.2) is 54.6 Å². The van der Waals surface area contributed by atoms with Crippen molar-refractivity contribution in [3.8, 4) is 0 Å². The molecule has 1 saturated heterocycles. The molecule has 1 fully saturated rings. The number of likely N-dealkylation sites (tertiary alicyclic amines) is 1. The number of benzene rings is 2. The first kappa shape index (κ1) is 28.4. The Labute approximate surface area is 224 Å². The SMILES string of the molecule is CC(C)(N)C(=O)NC(COCc1ccccc1)C(=O)N1CCC(N2Cc3ccccc3NC2=O)CC1.Cl. The Morgan fingerprint density at radius 1 is 1.11 bits per heavy atom. The van der Waals surface area contributed by atoms with Crippen molar-refractivity contribution in [1.29, 1.82) is 0 Å². The van der Waals surface area contributed by atoms with E-state index >= 15 is 0 Å². The first-order valence-electron chi connectivity index (χ1n) is 12.4. The summed E-state index contributed by atoms with van der Waals surface area (Å²) in [5.41, 5.74) is 7.74. The third kappa shape index (κ3) is 7.21. The number of hydrogen-bond donors (Lipinski definition) is 3. The Morgan fingerprint density at radius 3 is 2.43 bits per heavy atom. The standard InChI is InChI=1S/C27H35N5O4.ClH/c1-27(2,28)25(34)29-23(18-36-17-19-8-4-3-5-9-19)24(33)31-14-12-21(13-15-31)32-16-20-10-6-7-11-22(20)30-26(32)35;/h3-11,21,23H,12-18,28H2,1-2H3,(H,29,34)(H,30,35);1H. The monoisotopic (exact) mass is 529 g/mol. The van der Waals surface area contributed by atoms with Gasteiger partial charge in [0, 0.05) is 31.4 Å². The van der Waals surface area contributed by atoms with E-state index in [1.165, 1.54) is 0 Å². The molecule has 0 aliphatic carbocycles. The molecule has 2 aromatic rings. The number of nitrogens with two attached hydrogens (primary N) is 1. The van der Waals surface area contributed by atoms with Crippen molar-refractivity contribution in [3.05, 3.63) is 65.7 Å². The van der Waals surface area contributed by atoms with Crippen LogP contribution in [0.3, 0.4) is 0 Å². The maximum absolute atomic E-state index is 13.4. The van der Waals surface area contributed by atoms with Crippen LogP contribution in [-0.2, 0) is 27.5 Å². The molecule has 2 aliphatic rings. The second-order valence-electron chi connectivity index (χ2n) is 10.0. The zero-order valence-corrected chi connectivity index (χ0v) is 22.1. The molecule has 10 heteroatoms. The molecule has 1 unspecified atom stereocenters. The Hall–Kier alpha value is -3.14. The number of nitrogens with zero attached hydrogens (tertiary/aromatic N) is 2. The number of rotatable bonds is 8. The molecule has 37 heavy (non-hydrogen) atoms. The van der Waals surface area contributed by atoms with Crippen LogP contribution in [0.2, 0.25) is 0 Å². The molecule has 200 valence electrons. The third-order valence-corrected chi connectivity index (χ3v) is 6.66. The molecule has 0 spiro atoms. The van der Waals surface area contributed by atoms with Gasteiger partial charge in [-0.25, -0.2) is 4.79 Å². The van der Waals surface area contributed by atoms with Crippen LogP contribution in [0.1, 0.15) is 37.8 Å². The molecule has 0 saturated carbocycles. The minimum atomic E-state index is -1.12. The van der Waals surface area contributed by atoms with Gasteiger partial charge in [0.25, 0.3) is 0 Å². The van der Waals surface area contributed by atoms with Gasteiger partial charge in [-0.3, -0.25) is 9.59 Å². The summed E-state index contributed by atoms with van der Waals surface area (Å²) in [6.07, 6.45) is 1.32. The zero-order valence-electron chi connectivity index (χ0n) is 21.3. The number of piperidine rings is 1. The lowest BCUT2D eigenvalue weighted by Crippen LogP contribution is -2.59. The van der Waals surface area contributed by atoms with Gasteiger partial charge in [-0.2, -0.15) is 0 Å². The summed E-state index contributed by atoms with van der Waals surface area (Å²) in [7, 11) is 0. The van der Waals surface area contributed by atoms with Gasteiger partial charge >= 0.3 is 6.03 Å². The highest BCUT2D eigenvalue weighted by Gasteiger charge is 2.35. The lowest BCUT2D eigenvalue weighted by Gasteiger charge is -2.41. The second kappa shape index (κ2) is 12.4. The Kier molecular flexibility index (Phi) is 9.53. The molecule has 2 aliphatic heterocycles. The molecule has 9 nitrogen and oxygen atoms in total. The predicted molar refractivity (Wildman–Crippen MR) is 144 cm³/mol. The minimum absolute atomic E-state index is 0. The van der Waals surface area contributed by atoms with Gasteiger partial charge in [0.2, 0.25) is 11.8 Å². The number of carbonyl (C=O) groups is 3. The molecule has 2 aromatic carbocycles. The fraction of sp³-hybridized carbons (Fsp3) is 0.444. The van der Waals surface area contributed by atoms with Crippen molar-refractivity contribution in [3.63, 3.8) is 0 Å². The maximum Gasteiger partial charge on any atom is 0.322 e. The van der Waals surface area contributed by atoms with E-state index in [0.29, 0.717) is 39.1 Å². The summed E-state index contributed by atoms with van der Waals surface area (Å²) in [5, 5.41) is 5.74. The van der Waals surface area contributed by atoms with Crippen molar-refractivity contribution < 1.29 is 19.1 Å². The van der Waals surface area contributed by atoms with Gasteiger partial charge in [-0.1, -0.05) is 48.5 Å². The summed E-state index contributed by atoms with van der Waals surface area (Å²) in [4.78, 5) is 42.3. The Bertz CT molecular complexity index is 1080. The first-order valence-corrected chi connectivity index (χ1v) is 12.4. The number of amides is 4. The van der Waals surface area contributed by atoms with Gasteiger partial charge in [0.05, 0.1) is 18.8 Å². The molecule has 4 N–H and O–H groups in total. The molecule has 4 rings (SSSR count). The average Bonchev–Trinajstić information content (AvgIpc) is 2.87. The summed E-state index contributed by atoms with van der Waals surface area (Å²) in [6, 6.07) is 16.5. The van der Waals surface area contributed by atoms with Crippen LogP contribution in [0.4, 0.5) is 10.5 Å². The number of carbonyl (C=O) groups excluding carboxylic acids is 3. The molecule has 4 amide bonds. The lowest BCUT2D eigenvalue weighted by atomic mass is 10.00. The summed E-state index contributed by atoms with van der Waals surface area (Å²) < 4.78 is 5.81. The van der Waals surface area contributed by atoms with Gasteiger partial charge < -0.3 is 30.9 Å². The highest BCUT2D eigenvalue weighted by molar-refractivity contribution is 5.93. The Morgan fingerprint density at radius 2 is 1.76 bits per heavy atom. The number of fused-ring (bicyclic) bond motifs is 1. The van der Waals surface area contributed by atoms with Crippen molar-refractivity contribution >= 4 is 35.9 Å². The van der Waals surface area contributed by atoms with Crippen LogP contribution in [-0.4, -0.2) is 65.0 Å². The third-order valence-electron chi connectivity index (χ3n) is 6.66. The predicted octanol–water partition coefficient (Wildman–Crippen LogP) is 2.89. The fourth-order valence-electron chi connectivity index (χ4n) is 4.52.